The highest BCUT2D eigenvalue weighted by molar-refractivity contribution is 6.05. The van der Waals surface area contributed by atoms with Gasteiger partial charge >= 0.3 is 0 Å². The second kappa shape index (κ2) is 12.1. The van der Waals surface area contributed by atoms with Gasteiger partial charge in [-0.25, -0.2) is 9.37 Å². The molecule has 0 radical (unpaired) electrons. The number of aromatic nitrogens is 2. The highest BCUT2D eigenvalue weighted by Crippen LogP contribution is 2.33. The zero-order valence-electron chi connectivity index (χ0n) is 22.4. The van der Waals surface area contributed by atoms with E-state index in [1.165, 1.54) is 6.07 Å². The molecular weight excluding hydrogens is 525 g/mol. The lowest BCUT2D eigenvalue weighted by Gasteiger charge is -2.13. The maximum Gasteiger partial charge on any atom is 0.255 e. The lowest BCUT2D eigenvalue weighted by Crippen LogP contribution is -2.13. The van der Waals surface area contributed by atoms with Crippen LogP contribution in [0.4, 0.5) is 21.5 Å². The minimum Gasteiger partial charge on any atom is -0.493 e. The van der Waals surface area contributed by atoms with Crippen molar-refractivity contribution >= 4 is 23.0 Å². The van der Waals surface area contributed by atoms with E-state index in [1.54, 1.807) is 51.0 Å². The summed E-state index contributed by atoms with van der Waals surface area (Å²) in [6.07, 6.45) is 5.17. The van der Waals surface area contributed by atoms with E-state index in [4.69, 9.17) is 19.9 Å². The van der Waals surface area contributed by atoms with Crippen molar-refractivity contribution in [3.05, 3.63) is 115 Å². The fourth-order valence-electron chi connectivity index (χ4n) is 4.10. The molecule has 0 fully saturated rings. The molecule has 41 heavy (non-hydrogen) atoms. The number of carbonyl (C=O) groups excluding carboxylic acids is 1. The molecule has 0 unspecified atom stereocenters. The first kappa shape index (κ1) is 27.1. The number of amides is 1. The molecule has 1 heterocycles. The number of halogens is 1. The molecule has 0 saturated carbocycles. The summed E-state index contributed by atoms with van der Waals surface area (Å²) >= 11 is 0. The number of anilines is 3. The first-order chi connectivity index (χ1) is 19.9. The third kappa shape index (κ3) is 6.39. The average molecular weight is 554 g/mol. The van der Waals surface area contributed by atoms with Crippen LogP contribution in [0.1, 0.15) is 15.9 Å². The molecule has 9 nitrogen and oxygen atoms in total. The maximum atomic E-state index is 14.6. The van der Waals surface area contributed by atoms with Crippen molar-refractivity contribution in [3.63, 3.8) is 0 Å². The molecule has 0 aliphatic carbocycles. The topological polar surface area (TPSA) is 113 Å². The van der Waals surface area contributed by atoms with Crippen LogP contribution in [0.3, 0.4) is 0 Å². The lowest BCUT2D eigenvalue weighted by molar-refractivity contribution is 0.102. The highest BCUT2D eigenvalue weighted by atomic mass is 19.1. The number of carbonyl (C=O) groups is 1. The standard InChI is InChI=1S/C31H28FN5O4/c1-39-28-12-7-22(15-30(28)40-2)35-18-20-3-5-21(6-4-20)31(38)36-27-17-29(25(32)16-26(27)33)41-24-10-8-23(9-11-24)37-14-13-34-19-37/h3-17,19,35H,18,33H2,1-2H3,(H,36,38). The summed E-state index contributed by atoms with van der Waals surface area (Å²) in [4.78, 5) is 17.0. The van der Waals surface area contributed by atoms with Gasteiger partial charge in [-0.15, -0.1) is 0 Å². The van der Waals surface area contributed by atoms with E-state index in [0.29, 0.717) is 29.4 Å². The molecule has 1 amide bonds. The fraction of sp³-hybridized carbons (Fsp3) is 0.0968. The Morgan fingerprint density at radius 3 is 2.37 bits per heavy atom. The molecule has 0 aliphatic heterocycles. The number of rotatable bonds is 10. The Balaban J connectivity index is 1.22. The molecule has 1 aromatic heterocycles. The minimum atomic E-state index is -0.648. The van der Waals surface area contributed by atoms with Crippen LogP contribution >= 0.6 is 0 Å². The van der Waals surface area contributed by atoms with Crippen LogP contribution in [0, 0.1) is 5.82 Å². The molecule has 0 saturated heterocycles. The van der Waals surface area contributed by atoms with Gasteiger partial charge in [0.15, 0.2) is 23.1 Å². The van der Waals surface area contributed by atoms with Crippen molar-refractivity contribution in [3.8, 4) is 28.7 Å². The van der Waals surface area contributed by atoms with Crippen LogP contribution in [0.5, 0.6) is 23.0 Å². The van der Waals surface area contributed by atoms with E-state index in [1.807, 2.05) is 53.2 Å². The van der Waals surface area contributed by atoms with E-state index in [9.17, 15) is 9.18 Å². The molecule has 5 rings (SSSR count). The van der Waals surface area contributed by atoms with Crippen molar-refractivity contribution < 1.29 is 23.4 Å². The second-order valence-corrected chi connectivity index (χ2v) is 9.01. The third-order valence-electron chi connectivity index (χ3n) is 6.32. The molecule has 0 spiro atoms. The van der Waals surface area contributed by atoms with Gasteiger partial charge < -0.3 is 35.1 Å². The van der Waals surface area contributed by atoms with Crippen LogP contribution in [0.15, 0.2) is 97.6 Å². The number of nitrogens with zero attached hydrogens (tertiary/aromatic N) is 2. The summed E-state index contributed by atoms with van der Waals surface area (Å²) < 4.78 is 32.8. The average Bonchev–Trinajstić information content (AvgIpc) is 3.54. The Hall–Kier alpha value is -5.51. The second-order valence-electron chi connectivity index (χ2n) is 9.01. The molecule has 4 N–H and O–H groups in total. The van der Waals surface area contributed by atoms with Gasteiger partial charge in [-0.3, -0.25) is 4.79 Å². The molecule has 4 aromatic carbocycles. The lowest BCUT2D eigenvalue weighted by atomic mass is 10.1. The SMILES string of the molecule is COc1ccc(NCc2ccc(C(=O)Nc3cc(Oc4ccc(-n5ccnc5)cc4)c(F)cc3N)cc2)cc1OC. The van der Waals surface area contributed by atoms with Crippen LogP contribution in [-0.2, 0) is 6.54 Å². The monoisotopic (exact) mass is 553 g/mol. The Bertz CT molecular complexity index is 1640. The molecule has 0 atom stereocenters. The van der Waals surface area contributed by atoms with E-state index < -0.39 is 11.7 Å². The molecule has 5 aromatic rings. The summed E-state index contributed by atoms with van der Waals surface area (Å²) in [6.45, 7) is 0.534. The first-order valence-electron chi connectivity index (χ1n) is 12.6. The van der Waals surface area contributed by atoms with Gasteiger partial charge in [-0.05, 0) is 54.1 Å². The summed E-state index contributed by atoms with van der Waals surface area (Å²) in [5.74, 6) is 0.591. The fourth-order valence-corrected chi connectivity index (χ4v) is 4.10. The number of nitrogen functional groups attached to an aromatic ring is 1. The zero-order valence-corrected chi connectivity index (χ0v) is 22.4. The van der Waals surface area contributed by atoms with E-state index in [0.717, 1.165) is 23.0 Å². The van der Waals surface area contributed by atoms with E-state index in [-0.39, 0.29) is 17.1 Å². The largest absolute Gasteiger partial charge is 0.493 e. The number of hydrogen-bond donors (Lipinski definition) is 3. The van der Waals surface area contributed by atoms with Crippen molar-refractivity contribution in [2.75, 3.05) is 30.6 Å². The summed E-state index contributed by atoms with van der Waals surface area (Å²) in [6, 6.07) is 22.2. The van der Waals surface area contributed by atoms with Gasteiger partial charge in [0.25, 0.3) is 5.91 Å². The number of methoxy groups -OCH3 is 2. The van der Waals surface area contributed by atoms with Gasteiger partial charge in [-0.1, -0.05) is 12.1 Å². The quantitative estimate of drug-likeness (QED) is 0.175. The normalized spacial score (nSPS) is 10.6. The van der Waals surface area contributed by atoms with Crippen LogP contribution in [-0.4, -0.2) is 29.7 Å². The third-order valence-corrected chi connectivity index (χ3v) is 6.32. The smallest absolute Gasteiger partial charge is 0.255 e. The Morgan fingerprint density at radius 2 is 1.68 bits per heavy atom. The minimum absolute atomic E-state index is 0.0681. The van der Waals surface area contributed by atoms with Crippen molar-refractivity contribution in [2.24, 2.45) is 0 Å². The zero-order chi connectivity index (χ0) is 28.8. The van der Waals surface area contributed by atoms with E-state index in [2.05, 4.69) is 15.6 Å². The van der Waals surface area contributed by atoms with Gasteiger partial charge in [0, 0.05) is 54.1 Å². The van der Waals surface area contributed by atoms with Crippen molar-refractivity contribution in [1.82, 2.24) is 9.55 Å². The van der Waals surface area contributed by atoms with Crippen LogP contribution in [0.2, 0.25) is 0 Å². The van der Waals surface area contributed by atoms with Crippen LogP contribution < -0.4 is 30.6 Å². The van der Waals surface area contributed by atoms with E-state index >= 15 is 0 Å². The maximum absolute atomic E-state index is 14.6. The molecule has 10 heteroatoms. The number of nitrogens with two attached hydrogens (primary N) is 1. The van der Waals surface area contributed by atoms with Crippen molar-refractivity contribution in [2.45, 2.75) is 6.54 Å². The van der Waals surface area contributed by atoms with Gasteiger partial charge in [0.2, 0.25) is 0 Å². The van der Waals surface area contributed by atoms with Crippen LogP contribution in [0.25, 0.3) is 5.69 Å². The predicted molar refractivity (Wildman–Crippen MR) is 156 cm³/mol. The number of imidazole rings is 1. The summed E-state index contributed by atoms with van der Waals surface area (Å²) in [5, 5.41) is 6.06. The number of ether oxygens (including phenoxy) is 3. The number of nitrogens with one attached hydrogen (secondary N) is 2. The van der Waals surface area contributed by atoms with Crippen molar-refractivity contribution in [1.29, 1.82) is 0 Å². The Labute approximate surface area is 236 Å². The molecule has 208 valence electrons. The van der Waals surface area contributed by atoms with Gasteiger partial charge in [0.05, 0.1) is 31.9 Å². The summed E-state index contributed by atoms with van der Waals surface area (Å²) in [7, 11) is 3.17. The first-order valence-corrected chi connectivity index (χ1v) is 12.6. The Morgan fingerprint density at radius 1 is 0.927 bits per heavy atom. The number of hydrogen-bond acceptors (Lipinski definition) is 7. The molecule has 0 bridgehead atoms. The molecule has 0 aliphatic rings. The predicted octanol–water partition coefficient (Wildman–Crippen LogP) is 6.27. The number of benzene rings is 4. The highest BCUT2D eigenvalue weighted by Gasteiger charge is 2.14. The van der Waals surface area contributed by atoms with Gasteiger partial charge in [0.1, 0.15) is 5.75 Å². The Kier molecular flexibility index (Phi) is 8.00. The van der Waals surface area contributed by atoms with Gasteiger partial charge in [-0.2, -0.15) is 0 Å². The molecular formula is C31H28FN5O4. The summed E-state index contributed by atoms with van der Waals surface area (Å²) in [5.41, 5.74) is 9.44.